The van der Waals surface area contributed by atoms with E-state index >= 15 is 0 Å². The lowest BCUT2D eigenvalue weighted by molar-refractivity contribution is 0.0945. The van der Waals surface area contributed by atoms with Gasteiger partial charge in [0, 0.05) is 6.54 Å². The monoisotopic (exact) mass is 237 g/mol. The number of nitrogens with one attached hydrogen (secondary N) is 1. The number of amides is 1. The van der Waals surface area contributed by atoms with E-state index in [0.717, 1.165) is 29.9 Å². The van der Waals surface area contributed by atoms with Crippen LogP contribution in [0.2, 0.25) is 0 Å². The molecule has 16 heavy (non-hydrogen) atoms. The second-order valence-corrected chi connectivity index (χ2v) is 5.71. The molecule has 1 aromatic rings. The lowest BCUT2D eigenvalue weighted by Gasteiger charge is -2.21. The Balaban J connectivity index is 1.52. The molecule has 3 rings (SSSR count). The van der Waals surface area contributed by atoms with E-state index in [4.69, 9.17) is 0 Å². The number of hydrogen-bond donors (Lipinski definition) is 1. The Hall–Kier alpha value is -0.970. The van der Waals surface area contributed by atoms with E-state index in [1.807, 2.05) is 0 Å². The van der Waals surface area contributed by atoms with Crippen LogP contribution in [0.3, 0.4) is 0 Å². The van der Waals surface area contributed by atoms with Gasteiger partial charge in [-0.3, -0.25) is 4.79 Å². The number of aromatic nitrogens is 2. The molecule has 1 aromatic heterocycles. The highest BCUT2D eigenvalue weighted by atomic mass is 32.1. The number of carbonyl (C=O) groups is 1. The van der Waals surface area contributed by atoms with E-state index in [-0.39, 0.29) is 5.91 Å². The minimum atomic E-state index is -0.0160. The van der Waals surface area contributed by atoms with Crippen LogP contribution < -0.4 is 5.32 Å². The summed E-state index contributed by atoms with van der Waals surface area (Å²) in [4.78, 5) is 12.3. The number of fused-ring (bicyclic) bond motifs is 2. The molecule has 3 atom stereocenters. The van der Waals surface area contributed by atoms with Crippen LogP contribution >= 0.6 is 11.5 Å². The van der Waals surface area contributed by atoms with E-state index in [1.54, 1.807) is 0 Å². The summed E-state index contributed by atoms with van der Waals surface area (Å²) in [6.45, 7) is 0.831. The highest BCUT2D eigenvalue weighted by Crippen LogP contribution is 2.47. The fraction of sp³-hybridized carbons (Fsp3) is 0.727. The first-order valence-corrected chi connectivity index (χ1v) is 6.66. The molecule has 2 bridgehead atoms. The molecule has 86 valence electrons. The summed E-state index contributed by atoms with van der Waals surface area (Å²) >= 11 is 1.16. The van der Waals surface area contributed by atoms with Gasteiger partial charge in [-0.1, -0.05) is 10.9 Å². The van der Waals surface area contributed by atoms with Crippen LogP contribution in [0, 0.1) is 17.8 Å². The summed E-state index contributed by atoms with van der Waals surface area (Å²) in [6.07, 6.45) is 7.01. The van der Waals surface area contributed by atoms with Crippen LogP contribution in [0.1, 0.15) is 35.4 Å². The average Bonchev–Trinajstić information content (AvgIpc) is 3.01. The van der Waals surface area contributed by atoms with Crippen molar-refractivity contribution >= 4 is 17.4 Å². The van der Waals surface area contributed by atoms with Gasteiger partial charge in [-0.15, -0.1) is 5.10 Å². The Morgan fingerprint density at radius 3 is 3.06 bits per heavy atom. The van der Waals surface area contributed by atoms with E-state index in [1.165, 1.54) is 31.9 Å². The van der Waals surface area contributed by atoms with Crippen LogP contribution in [0.25, 0.3) is 0 Å². The van der Waals surface area contributed by atoms with Gasteiger partial charge in [-0.05, 0) is 48.5 Å². The fourth-order valence-corrected chi connectivity index (χ4v) is 3.64. The molecular formula is C11H15N3OS. The quantitative estimate of drug-likeness (QED) is 0.870. The Bertz CT molecular complexity index is 379. The molecule has 2 aliphatic carbocycles. The number of hydrogen-bond acceptors (Lipinski definition) is 4. The summed E-state index contributed by atoms with van der Waals surface area (Å²) in [5.41, 5.74) is 0. The van der Waals surface area contributed by atoms with Crippen molar-refractivity contribution in [3.05, 3.63) is 11.1 Å². The summed E-state index contributed by atoms with van der Waals surface area (Å²) in [5.74, 6) is 2.50. The molecule has 0 radical (unpaired) electrons. The molecule has 2 saturated carbocycles. The third-order valence-corrected chi connectivity index (χ3v) is 4.66. The topological polar surface area (TPSA) is 54.9 Å². The van der Waals surface area contributed by atoms with E-state index in [9.17, 15) is 4.79 Å². The van der Waals surface area contributed by atoms with Gasteiger partial charge in [0.2, 0.25) is 0 Å². The van der Waals surface area contributed by atoms with Gasteiger partial charge in [0.25, 0.3) is 5.91 Å². The van der Waals surface area contributed by atoms with Crippen molar-refractivity contribution in [2.75, 3.05) is 6.54 Å². The molecule has 5 heteroatoms. The predicted molar refractivity (Wildman–Crippen MR) is 61.2 cm³/mol. The Kier molecular flexibility index (Phi) is 2.63. The minimum Gasteiger partial charge on any atom is -0.351 e. The molecule has 0 aromatic carbocycles. The van der Waals surface area contributed by atoms with Gasteiger partial charge in [0.05, 0.1) is 6.20 Å². The van der Waals surface area contributed by atoms with E-state index < -0.39 is 0 Å². The SMILES string of the molecule is O=C(NCC1CC2CCC1C2)c1cnns1. The normalized spacial score (nSPS) is 31.9. The zero-order valence-electron chi connectivity index (χ0n) is 9.06. The summed E-state index contributed by atoms with van der Waals surface area (Å²) in [6, 6.07) is 0. The summed E-state index contributed by atoms with van der Waals surface area (Å²) in [7, 11) is 0. The molecule has 0 spiro atoms. The predicted octanol–water partition coefficient (Wildman–Crippen LogP) is 1.70. The maximum absolute atomic E-state index is 11.7. The van der Waals surface area contributed by atoms with E-state index in [2.05, 4.69) is 14.9 Å². The molecule has 0 aliphatic heterocycles. The van der Waals surface area contributed by atoms with Crippen LogP contribution in [0.5, 0.6) is 0 Å². The maximum Gasteiger partial charge on any atom is 0.264 e. The van der Waals surface area contributed by atoms with Gasteiger partial charge >= 0.3 is 0 Å². The van der Waals surface area contributed by atoms with Crippen molar-refractivity contribution in [2.24, 2.45) is 17.8 Å². The van der Waals surface area contributed by atoms with Gasteiger partial charge < -0.3 is 5.32 Å². The van der Waals surface area contributed by atoms with Crippen LogP contribution in [0.4, 0.5) is 0 Å². The van der Waals surface area contributed by atoms with Crippen molar-refractivity contribution in [1.82, 2.24) is 14.9 Å². The maximum atomic E-state index is 11.7. The molecule has 1 amide bonds. The van der Waals surface area contributed by atoms with Crippen LogP contribution in [-0.2, 0) is 0 Å². The fourth-order valence-electron chi connectivity index (χ4n) is 3.20. The Morgan fingerprint density at radius 2 is 2.44 bits per heavy atom. The van der Waals surface area contributed by atoms with Crippen molar-refractivity contribution in [2.45, 2.75) is 25.7 Å². The summed E-state index contributed by atoms with van der Waals surface area (Å²) < 4.78 is 3.69. The van der Waals surface area contributed by atoms with Crippen LogP contribution in [0.15, 0.2) is 6.20 Å². The molecule has 2 fully saturated rings. The molecular weight excluding hydrogens is 222 g/mol. The lowest BCUT2D eigenvalue weighted by atomic mass is 9.89. The zero-order chi connectivity index (χ0) is 11.0. The number of rotatable bonds is 3. The van der Waals surface area contributed by atoms with E-state index in [0.29, 0.717) is 10.8 Å². The molecule has 0 saturated heterocycles. The molecule has 3 unspecified atom stereocenters. The summed E-state index contributed by atoms with van der Waals surface area (Å²) in [5, 5.41) is 6.67. The third kappa shape index (κ3) is 1.84. The molecule has 1 N–H and O–H groups in total. The lowest BCUT2D eigenvalue weighted by Crippen LogP contribution is -2.31. The van der Waals surface area contributed by atoms with Crippen molar-refractivity contribution in [1.29, 1.82) is 0 Å². The van der Waals surface area contributed by atoms with Gasteiger partial charge in [-0.25, -0.2) is 0 Å². The first-order valence-electron chi connectivity index (χ1n) is 5.88. The van der Waals surface area contributed by atoms with Gasteiger partial charge in [0.1, 0.15) is 4.88 Å². The Labute approximate surface area is 98.6 Å². The highest BCUT2D eigenvalue weighted by Gasteiger charge is 2.39. The van der Waals surface area contributed by atoms with Gasteiger partial charge in [-0.2, -0.15) is 0 Å². The third-order valence-electron chi connectivity index (χ3n) is 3.99. The highest BCUT2D eigenvalue weighted by molar-refractivity contribution is 7.07. The first kappa shape index (κ1) is 10.2. The molecule has 2 aliphatic rings. The first-order chi connectivity index (χ1) is 7.83. The second kappa shape index (κ2) is 4.13. The van der Waals surface area contributed by atoms with Gasteiger partial charge in [0.15, 0.2) is 0 Å². The number of nitrogens with zero attached hydrogens (tertiary/aromatic N) is 2. The van der Waals surface area contributed by atoms with Crippen molar-refractivity contribution in [3.8, 4) is 0 Å². The second-order valence-electron chi connectivity index (χ2n) is 4.93. The smallest absolute Gasteiger partial charge is 0.264 e. The van der Waals surface area contributed by atoms with Crippen molar-refractivity contribution in [3.63, 3.8) is 0 Å². The van der Waals surface area contributed by atoms with Crippen LogP contribution in [-0.4, -0.2) is 22.0 Å². The minimum absolute atomic E-state index is 0.0160. The Morgan fingerprint density at radius 1 is 1.50 bits per heavy atom. The standard InChI is InChI=1S/C11H15N3OS/c15-11(10-6-13-14-16-10)12-5-9-4-7-1-2-8(9)3-7/h6-9H,1-5H2,(H,12,15). The average molecular weight is 237 g/mol. The molecule has 1 heterocycles. The number of carbonyl (C=O) groups excluding carboxylic acids is 1. The molecule has 4 nitrogen and oxygen atoms in total. The van der Waals surface area contributed by atoms with Crippen molar-refractivity contribution < 1.29 is 4.79 Å². The zero-order valence-corrected chi connectivity index (χ0v) is 9.87. The largest absolute Gasteiger partial charge is 0.351 e.